The topological polar surface area (TPSA) is 92.0 Å². The summed E-state index contributed by atoms with van der Waals surface area (Å²) < 4.78 is 5.92. The van der Waals surface area contributed by atoms with E-state index in [2.05, 4.69) is 17.1 Å². The number of nitrogens with two attached hydrogens (primary N) is 1. The smallest absolute Gasteiger partial charge is 0.250 e. The highest BCUT2D eigenvalue weighted by atomic mass is 16.5. The lowest BCUT2D eigenvalue weighted by Gasteiger charge is -2.35. The summed E-state index contributed by atoms with van der Waals surface area (Å²) in [6.07, 6.45) is 11.7. The van der Waals surface area contributed by atoms with Gasteiger partial charge in [0, 0.05) is 44.4 Å². The number of pyridine rings is 1. The third-order valence-corrected chi connectivity index (χ3v) is 6.12. The van der Waals surface area contributed by atoms with Gasteiger partial charge in [0.2, 0.25) is 5.91 Å². The van der Waals surface area contributed by atoms with E-state index in [-0.39, 0.29) is 5.91 Å². The van der Waals surface area contributed by atoms with E-state index < -0.39 is 5.91 Å². The Labute approximate surface area is 212 Å². The summed E-state index contributed by atoms with van der Waals surface area (Å²) in [5.74, 6) is 1.80. The van der Waals surface area contributed by atoms with Gasteiger partial charge in [0.15, 0.2) is 0 Å². The SMILES string of the molecule is CN(C)C/C=C/C(=O)N1CCN(c2ccc(C(N)=O)c(-c3ccc(OC4=CCCC=C4)cc3)n2)CC1. The molecule has 36 heavy (non-hydrogen) atoms. The van der Waals surface area contributed by atoms with Crippen LogP contribution in [0.15, 0.2) is 72.5 Å². The number of nitrogens with zero attached hydrogens (tertiary/aromatic N) is 4. The van der Waals surface area contributed by atoms with Crippen molar-refractivity contribution in [2.75, 3.05) is 51.7 Å². The number of ether oxygens (including phenoxy) is 1. The normalized spacial score (nSPS) is 15.9. The van der Waals surface area contributed by atoms with E-state index >= 15 is 0 Å². The molecule has 0 unspecified atom stereocenters. The van der Waals surface area contributed by atoms with Gasteiger partial charge in [-0.1, -0.05) is 12.2 Å². The van der Waals surface area contributed by atoms with Crippen molar-refractivity contribution in [2.45, 2.75) is 12.8 Å². The van der Waals surface area contributed by atoms with Gasteiger partial charge in [0.25, 0.3) is 5.91 Å². The number of carbonyl (C=O) groups excluding carboxylic acids is 2. The minimum atomic E-state index is -0.526. The van der Waals surface area contributed by atoms with Crippen molar-refractivity contribution in [3.05, 3.63) is 78.1 Å². The molecule has 1 fully saturated rings. The van der Waals surface area contributed by atoms with Crippen LogP contribution in [-0.4, -0.2) is 73.4 Å². The van der Waals surface area contributed by atoms with Crippen molar-refractivity contribution >= 4 is 17.6 Å². The van der Waals surface area contributed by atoms with E-state index in [1.807, 2.05) is 66.4 Å². The first-order valence-corrected chi connectivity index (χ1v) is 12.2. The van der Waals surface area contributed by atoms with E-state index in [0.29, 0.717) is 43.2 Å². The van der Waals surface area contributed by atoms with Crippen molar-refractivity contribution in [1.82, 2.24) is 14.8 Å². The van der Waals surface area contributed by atoms with Crippen LogP contribution in [0.3, 0.4) is 0 Å². The second-order valence-electron chi connectivity index (χ2n) is 9.12. The number of hydrogen-bond acceptors (Lipinski definition) is 6. The highest BCUT2D eigenvalue weighted by Crippen LogP contribution is 2.28. The van der Waals surface area contributed by atoms with Crippen LogP contribution >= 0.6 is 0 Å². The molecule has 188 valence electrons. The number of amides is 2. The minimum Gasteiger partial charge on any atom is -0.458 e. The Morgan fingerprint density at radius 3 is 2.44 bits per heavy atom. The molecule has 2 heterocycles. The molecule has 2 amide bonds. The van der Waals surface area contributed by atoms with Crippen molar-refractivity contribution < 1.29 is 14.3 Å². The quantitative estimate of drug-likeness (QED) is 0.575. The first kappa shape index (κ1) is 25.2. The lowest BCUT2D eigenvalue weighted by atomic mass is 10.0. The van der Waals surface area contributed by atoms with Gasteiger partial charge in [0.1, 0.15) is 17.3 Å². The summed E-state index contributed by atoms with van der Waals surface area (Å²) >= 11 is 0. The zero-order valence-electron chi connectivity index (χ0n) is 20.9. The summed E-state index contributed by atoms with van der Waals surface area (Å²) in [5, 5.41) is 0. The number of anilines is 1. The molecule has 1 aliphatic heterocycles. The zero-order valence-corrected chi connectivity index (χ0v) is 20.9. The minimum absolute atomic E-state index is 0.0241. The molecule has 0 saturated carbocycles. The predicted octanol–water partition coefficient (Wildman–Crippen LogP) is 3.23. The van der Waals surface area contributed by atoms with Crippen LogP contribution in [0.4, 0.5) is 5.82 Å². The molecule has 1 saturated heterocycles. The number of benzene rings is 1. The van der Waals surface area contributed by atoms with E-state index in [1.165, 1.54) is 0 Å². The van der Waals surface area contributed by atoms with Crippen LogP contribution in [0.1, 0.15) is 23.2 Å². The maximum atomic E-state index is 12.5. The van der Waals surface area contributed by atoms with Crippen LogP contribution in [0.25, 0.3) is 11.3 Å². The fourth-order valence-corrected chi connectivity index (χ4v) is 4.15. The third kappa shape index (κ3) is 6.40. The lowest BCUT2D eigenvalue weighted by Crippen LogP contribution is -2.48. The molecule has 0 atom stereocenters. The maximum Gasteiger partial charge on any atom is 0.250 e. The van der Waals surface area contributed by atoms with Gasteiger partial charge in [0.05, 0.1) is 11.3 Å². The van der Waals surface area contributed by atoms with Crippen LogP contribution < -0.4 is 15.4 Å². The molecule has 1 aromatic heterocycles. The standard InChI is InChI=1S/C28H33N5O3/c1-31(2)16-6-9-26(34)33-19-17-32(18-20-33)25-15-14-24(28(29)35)27(30-25)21-10-12-23(13-11-21)36-22-7-4-3-5-8-22/h4,6-15H,3,5,16-20H2,1-2H3,(H2,29,35)/b9-6+. The van der Waals surface area contributed by atoms with Gasteiger partial charge in [-0.25, -0.2) is 4.98 Å². The first-order chi connectivity index (χ1) is 17.4. The van der Waals surface area contributed by atoms with Crippen LogP contribution in [0.5, 0.6) is 5.75 Å². The Morgan fingerprint density at radius 2 is 1.81 bits per heavy atom. The second-order valence-corrected chi connectivity index (χ2v) is 9.12. The average molecular weight is 488 g/mol. The summed E-state index contributed by atoms with van der Waals surface area (Å²) in [6.45, 7) is 3.26. The van der Waals surface area contributed by atoms with Gasteiger partial charge in [-0.05, 0) is 75.5 Å². The molecule has 1 aliphatic carbocycles. The zero-order chi connectivity index (χ0) is 25.5. The average Bonchev–Trinajstić information content (AvgIpc) is 2.89. The van der Waals surface area contributed by atoms with E-state index in [4.69, 9.17) is 15.5 Å². The third-order valence-electron chi connectivity index (χ3n) is 6.12. The number of primary amides is 1. The molecule has 2 N–H and O–H groups in total. The second kappa shape index (κ2) is 11.7. The van der Waals surface area contributed by atoms with Crippen molar-refractivity contribution in [3.63, 3.8) is 0 Å². The maximum absolute atomic E-state index is 12.5. The Bertz CT molecular complexity index is 1180. The number of piperazine rings is 1. The molecule has 1 aromatic carbocycles. The van der Waals surface area contributed by atoms with Gasteiger partial charge in [-0.15, -0.1) is 0 Å². The van der Waals surface area contributed by atoms with E-state index in [1.54, 1.807) is 12.1 Å². The van der Waals surface area contributed by atoms with Gasteiger partial charge in [-0.2, -0.15) is 0 Å². The van der Waals surface area contributed by atoms with Gasteiger partial charge >= 0.3 is 0 Å². The fraction of sp³-hybridized carbons (Fsp3) is 0.321. The van der Waals surface area contributed by atoms with Gasteiger partial charge < -0.3 is 25.2 Å². The number of carbonyl (C=O) groups is 2. The first-order valence-electron chi connectivity index (χ1n) is 12.2. The Hall–Kier alpha value is -3.91. The van der Waals surface area contributed by atoms with E-state index in [9.17, 15) is 9.59 Å². The largest absolute Gasteiger partial charge is 0.458 e. The van der Waals surface area contributed by atoms with Gasteiger partial charge in [-0.3, -0.25) is 9.59 Å². The number of rotatable bonds is 8. The number of allylic oxidation sites excluding steroid dienone is 3. The van der Waals surface area contributed by atoms with Crippen LogP contribution in [0, 0.1) is 0 Å². The predicted molar refractivity (Wildman–Crippen MR) is 142 cm³/mol. The molecular weight excluding hydrogens is 454 g/mol. The molecule has 0 spiro atoms. The number of hydrogen-bond donors (Lipinski definition) is 1. The summed E-state index contributed by atoms with van der Waals surface area (Å²) in [6, 6.07) is 11.0. The number of likely N-dealkylation sites (N-methyl/N-ethyl adjacent to an activating group) is 1. The highest BCUT2D eigenvalue weighted by molar-refractivity contribution is 5.99. The molecule has 2 aliphatic rings. The molecule has 8 nitrogen and oxygen atoms in total. The molecule has 0 bridgehead atoms. The van der Waals surface area contributed by atoms with E-state index in [0.717, 1.165) is 36.5 Å². The molecule has 4 rings (SSSR count). The van der Waals surface area contributed by atoms with Crippen LogP contribution in [0.2, 0.25) is 0 Å². The summed E-state index contributed by atoms with van der Waals surface area (Å²) in [5.41, 5.74) is 7.34. The van der Waals surface area contributed by atoms with Crippen LogP contribution in [-0.2, 0) is 4.79 Å². The number of aromatic nitrogens is 1. The molecular formula is C28H33N5O3. The summed E-state index contributed by atoms with van der Waals surface area (Å²) in [4.78, 5) is 35.4. The molecule has 2 aromatic rings. The molecule has 0 radical (unpaired) electrons. The lowest BCUT2D eigenvalue weighted by molar-refractivity contribution is -0.126. The Morgan fingerprint density at radius 1 is 1.06 bits per heavy atom. The van der Waals surface area contributed by atoms with Crippen molar-refractivity contribution in [3.8, 4) is 17.0 Å². The Kier molecular flexibility index (Phi) is 8.17. The Balaban J connectivity index is 1.46. The monoisotopic (exact) mass is 487 g/mol. The summed E-state index contributed by atoms with van der Waals surface area (Å²) in [7, 11) is 3.93. The fourth-order valence-electron chi connectivity index (χ4n) is 4.15. The van der Waals surface area contributed by atoms with Crippen molar-refractivity contribution in [2.24, 2.45) is 5.73 Å². The molecule has 8 heteroatoms. The highest BCUT2D eigenvalue weighted by Gasteiger charge is 2.22. The van der Waals surface area contributed by atoms with Crippen molar-refractivity contribution in [1.29, 1.82) is 0 Å².